The lowest BCUT2D eigenvalue weighted by molar-refractivity contribution is 0.940. The molecule has 0 saturated heterocycles. The molecule has 0 spiro atoms. The highest BCUT2D eigenvalue weighted by Gasteiger charge is 2.09. The summed E-state index contributed by atoms with van der Waals surface area (Å²) in [4.78, 5) is 16.7. The Morgan fingerprint density at radius 2 is 2.00 bits per heavy atom. The van der Waals surface area contributed by atoms with Crippen molar-refractivity contribution in [1.29, 1.82) is 0 Å². The second kappa shape index (κ2) is 4.35. The van der Waals surface area contributed by atoms with Gasteiger partial charge in [0.2, 0.25) is 5.65 Å². The number of aryl methyl sites for hydroxylation is 1. The summed E-state index contributed by atoms with van der Waals surface area (Å²) in [7, 11) is 0. The Labute approximate surface area is 118 Å². The van der Waals surface area contributed by atoms with Crippen molar-refractivity contribution < 1.29 is 0 Å². The van der Waals surface area contributed by atoms with Gasteiger partial charge in [-0.15, -0.1) is 0 Å². The van der Waals surface area contributed by atoms with E-state index >= 15 is 0 Å². The molecule has 1 aromatic carbocycles. The second-order valence-electron chi connectivity index (χ2n) is 4.47. The number of aromatic nitrogens is 3. The molecule has 0 bridgehead atoms. The molecule has 0 atom stereocenters. The maximum atomic E-state index is 12.5. The summed E-state index contributed by atoms with van der Waals surface area (Å²) in [5.41, 5.74) is 3.05. The molecule has 0 N–H and O–H groups in total. The highest BCUT2D eigenvalue weighted by Crippen LogP contribution is 2.21. The quantitative estimate of drug-likeness (QED) is 0.692. The summed E-state index contributed by atoms with van der Waals surface area (Å²) in [6.07, 6.45) is 5.46. The number of halogens is 1. The van der Waals surface area contributed by atoms with E-state index in [0.29, 0.717) is 5.65 Å². The van der Waals surface area contributed by atoms with Gasteiger partial charge in [-0.25, -0.2) is 4.98 Å². The molecule has 96 valence electrons. The Morgan fingerprint density at radius 3 is 2.79 bits per heavy atom. The summed E-state index contributed by atoms with van der Waals surface area (Å²) < 4.78 is 4.36. The minimum Gasteiger partial charge on any atom is -0.301 e. The molecule has 3 rings (SSSR count). The van der Waals surface area contributed by atoms with Crippen LogP contribution in [0.25, 0.3) is 11.3 Å². The van der Waals surface area contributed by atoms with Crippen LogP contribution in [0.15, 0.2) is 46.1 Å². The van der Waals surface area contributed by atoms with E-state index in [4.69, 9.17) is 0 Å². The molecule has 0 aliphatic heterocycles. The van der Waals surface area contributed by atoms with E-state index in [1.807, 2.05) is 44.4 Å². The maximum Gasteiger partial charge on any atom is 0.298 e. The normalized spacial score (nSPS) is 11.1. The van der Waals surface area contributed by atoms with Gasteiger partial charge in [-0.1, -0.05) is 22.0 Å². The van der Waals surface area contributed by atoms with E-state index in [0.717, 1.165) is 21.4 Å². The molecule has 2 heterocycles. The molecule has 0 aliphatic carbocycles. The van der Waals surface area contributed by atoms with Gasteiger partial charge in [0.05, 0.1) is 11.4 Å². The predicted molar refractivity (Wildman–Crippen MR) is 78.0 cm³/mol. The third-order valence-corrected chi connectivity index (χ3v) is 4.00. The van der Waals surface area contributed by atoms with Gasteiger partial charge in [0.25, 0.3) is 5.56 Å². The van der Waals surface area contributed by atoms with E-state index in [1.54, 1.807) is 15.2 Å². The van der Waals surface area contributed by atoms with Crippen molar-refractivity contribution in [2.45, 2.75) is 13.8 Å². The maximum absolute atomic E-state index is 12.5. The van der Waals surface area contributed by atoms with Crippen LogP contribution >= 0.6 is 15.9 Å². The van der Waals surface area contributed by atoms with Crippen LogP contribution < -0.4 is 5.56 Å². The molecule has 0 fully saturated rings. The van der Waals surface area contributed by atoms with Crippen LogP contribution in [0.2, 0.25) is 0 Å². The molecule has 3 aromatic rings. The number of hydrogen-bond donors (Lipinski definition) is 0. The molecule has 19 heavy (non-hydrogen) atoms. The van der Waals surface area contributed by atoms with E-state index in [-0.39, 0.29) is 5.56 Å². The SMILES string of the molecule is Cc1cn2ccn(-c3cccc(Br)c3C)c(=O)c2n1. The Balaban J connectivity index is 2.34. The number of rotatable bonds is 1. The first-order valence-electron chi connectivity index (χ1n) is 5.90. The van der Waals surface area contributed by atoms with Crippen molar-refractivity contribution in [1.82, 2.24) is 14.0 Å². The lowest BCUT2D eigenvalue weighted by Gasteiger charge is -2.10. The third kappa shape index (κ3) is 1.90. The Kier molecular flexibility index (Phi) is 2.78. The Morgan fingerprint density at radius 1 is 1.21 bits per heavy atom. The van der Waals surface area contributed by atoms with Crippen LogP contribution in [0, 0.1) is 13.8 Å². The van der Waals surface area contributed by atoms with Gasteiger partial charge in [0, 0.05) is 23.1 Å². The van der Waals surface area contributed by atoms with Crippen LogP contribution in [0.4, 0.5) is 0 Å². The molecule has 0 amide bonds. The number of nitrogens with zero attached hydrogens (tertiary/aromatic N) is 3. The average Bonchev–Trinajstić information content (AvgIpc) is 2.76. The topological polar surface area (TPSA) is 39.3 Å². The van der Waals surface area contributed by atoms with Gasteiger partial charge in [0.15, 0.2) is 0 Å². The molecule has 0 radical (unpaired) electrons. The zero-order valence-corrected chi connectivity index (χ0v) is 12.2. The van der Waals surface area contributed by atoms with Gasteiger partial charge < -0.3 is 4.40 Å². The van der Waals surface area contributed by atoms with Gasteiger partial charge >= 0.3 is 0 Å². The molecule has 4 nitrogen and oxygen atoms in total. The highest BCUT2D eigenvalue weighted by molar-refractivity contribution is 9.10. The fourth-order valence-corrected chi connectivity index (χ4v) is 2.50. The van der Waals surface area contributed by atoms with Crippen molar-refractivity contribution >= 4 is 21.6 Å². The number of hydrogen-bond acceptors (Lipinski definition) is 2. The smallest absolute Gasteiger partial charge is 0.298 e. The van der Waals surface area contributed by atoms with Crippen molar-refractivity contribution in [2.75, 3.05) is 0 Å². The van der Waals surface area contributed by atoms with Gasteiger partial charge in [-0.05, 0) is 31.5 Å². The third-order valence-electron chi connectivity index (χ3n) is 3.14. The minimum absolute atomic E-state index is 0.114. The van der Waals surface area contributed by atoms with E-state index in [2.05, 4.69) is 20.9 Å². The van der Waals surface area contributed by atoms with Crippen LogP contribution in [-0.2, 0) is 0 Å². The molecule has 0 saturated carbocycles. The lowest BCUT2D eigenvalue weighted by Crippen LogP contribution is -2.20. The summed E-state index contributed by atoms with van der Waals surface area (Å²) >= 11 is 3.49. The first-order chi connectivity index (χ1) is 9.08. The zero-order chi connectivity index (χ0) is 13.6. The second-order valence-corrected chi connectivity index (χ2v) is 5.32. The highest BCUT2D eigenvalue weighted by atomic mass is 79.9. The molecule has 2 aromatic heterocycles. The average molecular weight is 318 g/mol. The standard InChI is InChI=1S/C14H12BrN3O/c1-9-8-17-6-7-18(14(19)13(17)16-9)12-5-3-4-11(15)10(12)2/h3-8H,1-2H3. The number of imidazole rings is 1. The van der Waals surface area contributed by atoms with Gasteiger partial charge in [0.1, 0.15) is 0 Å². The van der Waals surface area contributed by atoms with Gasteiger partial charge in [-0.3, -0.25) is 9.36 Å². The summed E-state index contributed by atoms with van der Waals surface area (Å²) in [5.74, 6) is 0. The van der Waals surface area contributed by atoms with Crippen LogP contribution in [0.5, 0.6) is 0 Å². The largest absolute Gasteiger partial charge is 0.301 e. The Hall–Kier alpha value is -1.88. The summed E-state index contributed by atoms with van der Waals surface area (Å²) in [6, 6.07) is 5.80. The van der Waals surface area contributed by atoms with Crippen molar-refractivity contribution in [3.63, 3.8) is 0 Å². The van der Waals surface area contributed by atoms with E-state index in [1.165, 1.54) is 0 Å². The first kappa shape index (κ1) is 12.2. The zero-order valence-electron chi connectivity index (χ0n) is 10.6. The minimum atomic E-state index is -0.114. The number of benzene rings is 1. The summed E-state index contributed by atoms with van der Waals surface area (Å²) in [6.45, 7) is 3.86. The molecule has 0 unspecified atom stereocenters. The van der Waals surface area contributed by atoms with Crippen molar-refractivity contribution in [3.8, 4) is 5.69 Å². The fourth-order valence-electron chi connectivity index (χ4n) is 2.15. The van der Waals surface area contributed by atoms with E-state index in [9.17, 15) is 4.79 Å². The first-order valence-corrected chi connectivity index (χ1v) is 6.69. The fraction of sp³-hybridized carbons (Fsp3) is 0.143. The van der Waals surface area contributed by atoms with Crippen LogP contribution in [0.3, 0.4) is 0 Å². The van der Waals surface area contributed by atoms with Crippen molar-refractivity contribution in [3.05, 3.63) is 62.9 Å². The Bertz CT molecular complexity index is 832. The molecule has 0 aliphatic rings. The van der Waals surface area contributed by atoms with Crippen LogP contribution in [-0.4, -0.2) is 14.0 Å². The monoisotopic (exact) mass is 317 g/mol. The molecule has 5 heteroatoms. The predicted octanol–water partition coefficient (Wildman–Crippen LogP) is 2.86. The van der Waals surface area contributed by atoms with Gasteiger partial charge in [-0.2, -0.15) is 0 Å². The number of fused-ring (bicyclic) bond motifs is 1. The lowest BCUT2D eigenvalue weighted by atomic mass is 10.2. The van der Waals surface area contributed by atoms with Crippen LogP contribution in [0.1, 0.15) is 11.3 Å². The molecular formula is C14H12BrN3O. The molecular weight excluding hydrogens is 306 g/mol. The van der Waals surface area contributed by atoms with E-state index < -0.39 is 0 Å². The summed E-state index contributed by atoms with van der Waals surface area (Å²) in [5, 5.41) is 0. The van der Waals surface area contributed by atoms with Crippen molar-refractivity contribution in [2.24, 2.45) is 0 Å².